The van der Waals surface area contributed by atoms with Crippen LogP contribution in [0.2, 0.25) is 0 Å². The van der Waals surface area contributed by atoms with Gasteiger partial charge in [-0.15, -0.1) is 11.3 Å². The van der Waals surface area contributed by atoms with Crippen LogP contribution in [0.3, 0.4) is 0 Å². The molecule has 2 aromatic rings. The third kappa shape index (κ3) is 3.82. The number of nitrogens with zero attached hydrogens (tertiary/aromatic N) is 1. The van der Waals surface area contributed by atoms with Gasteiger partial charge in [-0.25, -0.2) is 4.98 Å². The molecule has 126 valence electrons. The molecular weight excluding hydrogens is 322 g/mol. The van der Waals surface area contributed by atoms with E-state index in [4.69, 9.17) is 0 Å². The maximum absolute atomic E-state index is 12.3. The highest BCUT2D eigenvalue weighted by atomic mass is 32.1. The standard InChI is InChI=1S/C18H21N3O2S/c1-12-15(24-18(19-12)14-10-6-3-7-11-14)17(23)21-20-16(22)13-8-4-2-5-9-13/h3,6-7,10-11,13H,2,4-5,8-9H2,1H3,(H,20,22)(H,21,23). The summed E-state index contributed by atoms with van der Waals surface area (Å²) in [5.41, 5.74) is 6.75. The van der Waals surface area contributed by atoms with Gasteiger partial charge in [-0.1, -0.05) is 49.6 Å². The molecule has 0 saturated heterocycles. The van der Waals surface area contributed by atoms with Gasteiger partial charge in [0.05, 0.1) is 5.69 Å². The predicted octanol–water partition coefficient (Wildman–Crippen LogP) is 3.46. The predicted molar refractivity (Wildman–Crippen MR) is 94.5 cm³/mol. The van der Waals surface area contributed by atoms with Crippen LogP contribution in [0.25, 0.3) is 10.6 Å². The second-order valence-corrected chi connectivity index (χ2v) is 7.08. The summed E-state index contributed by atoms with van der Waals surface area (Å²) in [6.07, 6.45) is 5.16. The lowest BCUT2D eigenvalue weighted by atomic mass is 9.89. The van der Waals surface area contributed by atoms with Crippen molar-refractivity contribution in [1.82, 2.24) is 15.8 Å². The Labute approximate surface area is 145 Å². The third-order valence-electron chi connectivity index (χ3n) is 4.30. The highest BCUT2D eigenvalue weighted by molar-refractivity contribution is 7.17. The largest absolute Gasteiger partial charge is 0.281 e. The fourth-order valence-corrected chi connectivity index (χ4v) is 3.92. The maximum Gasteiger partial charge on any atom is 0.281 e. The zero-order chi connectivity index (χ0) is 16.9. The van der Waals surface area contributed by atoms with Gasteiger partial charge in [0.2, 0.25) is 5.91 Å². The lowest BCUT2D eigenvalue weighted by Gasteiger charge is -2.20. The van der Waals surface area contributed by atoms with Crippen molar-refractivity contribution in [3.05, 3.63) is 40.9 Å². The topological polar surface area (TPSA) is 71.1 Å². The Morgan fingerprint density at radius 1 is 1.08 bits per heavy atom. The van der Waals surface area contributed by atoms with E-state index in [1.165, 1.54) is 17.8 Å². The smallest absolute Gasteiger partial charge is 0.273 e. The average Bonchev–Trinajstić information content (AvgIpc) is 3.03. The van der Waals surface area contributed by atoms with Crippen molar-refractivity contribution in [3.63, 3.8) is 0 Å². The third-order valence-corrected chi connectivity index (χ3v) is 5.50. The second-order valence-electron chi connectivity index (χ2n) is 6.08. The van der Waals surface area contributed by atoms with Crippen molar-refractivity contribution in [3.8, 4) is 10.6 Å². The van der Waals surface area contributed by atoms with Crippen molar-refractivity contribution in [2.24, 2.45) is 5.92 Å². The van der Waals surface area contributed by atoms with Crippen LogP contribution in [0.5, 0.6) is 0 Å². The Hall–Kier alpha value is -2.21. The van der Waals surface area contributed by atoms with Crippen LogP contribution in [0.4, 0.5) is 0 Å². The molecule has 24 heavy (non-hydrogen) atoms. The van der Waals surface area contributed by atoms with Crippen molar-refractivity contribution in [2.45, 2.75) is 39.0 Å². The lowest BCUT2D eigenvalue weighted by molar-refractivity contribution is -0.126. The number of hydrogen-bond acceptors (Lipinski definition) is 4. The molecule has 6 heteroatoms. The van der Waals surface area contributed by atoms with Crippen molar-refractivity contribution < 1.29 is 9.59 Å². The van der Waals surface area contributed by atoms with E-state index in [-0.39, 0.29) is 17.7 Å². The zero-order valence-electron chi connectivity index (χ0n) is 13.7. The van der Waals surface area contributed by atoms with Gasteiger partial charge in [-0.2, -0.15) is 0 Å². The van der Waals surface area contributed by atoms with E-state index in [0.29, 0.717) is 10.6 Å². The molecule has 1 saturated carbocycles. The lowest BCUT2D eigenvalue weighted by Crippen LogP contribution is -2.44. The summed E-state index contributed by atoms with van der Waals surface area (Å²) in [5.74, 6) is -0.383. The highest BCUT2D eigenvalue weighted by Crippen LogP contribution is 2.27. The minimum absolute atomic E-state index is 0.0153. The Bertz CT molecular complexity index is 721. The molecule has 1 aromatic carbocycles. The fraction of sp³-hybridized carbons (Fsp3) is 0.389. The molecule has 2 N–H and O–H groups in total. The minimum Gasteiger partial charge on any atom is -0.273 e. The van der Waals surface area contributed by atoms with Gasteiger partial charge in [0.25, 0.3) is 5.91 Å². The molecule has 1 heterocycles. The molecule has 0 unspecified atom stereocenters. The molecule has 1 aromatic heterocycles. The first-order chi connectivity index (χ1) is 11.6. The molecule has 0 bridgehead atoms. The van der Waals surface area contributed by atoms with Gasteiger partial charge in [-0.05, 0) is 19.8 Å². The molecule has 1 aliphatic carbocycles. The molecule has 0 aliphatic heterocycles. The van der Waals surface area contributed by atoms with Gasteiger partial charge >= 0.3 is 0 Å². The summed E-state index contributed by atoms with van der Waals surface area (Å²) in [6.45, 7) is 1.81. The number of nitrogens with one attached hydrogen (secondary N) is 2. The first-order valence-corrected chi connectivity index (χ1v) is 9.10. The normalized spacial score (nSPS) is 15.0. The minimum atomic E-state index is -0.309. The van der Waals surface area contributed by atoms with E-state index in [2.05, 4.69) is 15.8 Å². The van der Waals surface area contributed by atoms with Crippen LogP contribution in [0.1, 0.15) is 47.5 Å². The van der Waals surface area contributed by atoms with E-state index in [1.807, 2.05) is 30.3 Å². The van der Waals surface area contributed by atoms with Crippen molar-refractivity contribution >= 4 is 23.2 Å². The number of aromatic nitrogens is 1. The van der Waals surface area contributed by atoms with Gasteiger partial charge in [0, 0.05) is 11.5 Å². The Kier molecular flexibility index (Phi) is 5.25. The van der Waals surface area contributed by atoms with E-state index in [9.17, 15) is 9.59 Å². The maximum atomic E-state index is 12.3. The van der Waals surface area contributed by atoms with Crippen molar-refractivity contribution in [2.75, 3.05) is 0 Å². The molecular formula is C18H21N3O2S. The van der Waals surface area contributed by atoms with Gasteiger partial charge in [-0.3, -0.25) is 20.4 Å². The molecule has 0 atom stereocenters. The Morgan fingerprint density at radius 3 is 2.50 bits per heavy atom. The van der Waals surface area contributed by atoms with E-state index in [1.54, 1.807) is 6.92 Å². The number of carbonyl (C=O) groups is 2. The molecule has 2 amide bonds. The number of thiazole rings is 1. The Morgan fingerprint density at radius 2 is 1.79 bits per heavy atom. The van der Waals surface area contributed by atoms with Crippen LogP contribution in [0.15, 0.2) is 30.3 Å². The van der Waals surface area contributed by atoms with Crippen LogP contribution in [0, 0.1) is 12.8 Å². The molecule has 5 nitrogen and oxygen atoms in total. The highest BCUT2D eigenvalue weighted by Gasteiger charge is 2.22. The SMILES string of the molecule is Cc1nc(-c2ccccc2)sc1C(=O)NNC(=O)C1CCCCC1. The first kappa shape index (κ1) is 16.6. The number of hydrazine groups is 1. The monoisotopic (exact) mass is 343 g/mol. The molecule has 0 radical (unpaired) electrons. The van der Waals surface area contributed by atoms with E-state index in [0.717, 1.165) is 36.3 Å². The molecule has 1 aliphatic rings. The second kappa shape index (κ2) is 7.57. The summed E-state index contributed by atoms with van der Waals surface area (Å²) in [5, 5.41) is 0.803. The quantitative estimate of drug-likeness (QED) is 0.839. The number of rotatable bonds is 3. The molecule has 3 rings (SSSR count). The van der Waals surface area contributed by atoms with Gasteiger partial charge in [0.1, 0.15) is 9.88 Å². The number of amides is 2. The van der Waals surface area contributed by atoms with Crippen molar-refractivity contribution in [1.29, 1.82) is 0 Å². The summed E-state index contributed by atoms with van der Waals surface area (Å²) in [7, 11) is 0. The summed E-state index contributed by atoms with van der Waals surface area (Å²) < 4.78 is 0. The van der Waals surface area contributed by atoms with Crippen LogP contribution in [-0.4, -0.2) is 16.8 Å². The number of carbonyl (C=O) groups excluding carboxylic acids is 2. The summed E-state index contributed by atoms with van der Waals surface area (Å²) in [4.78, 5) is 29.4. The zero-order valence-corrected chi connectivity index (χ0v) is 14.5. The van der Waals surface area contributed by atoms with E-state index < -0.39 is 0 Å². The number of hydrogen-bond donors (Lipinski definition) is 2. The molecule has 0 spiro atoms. The molecule has 1 fully saturated rings. The first-order valence-electron chi connectivity index (χ1n) is 8.28. The number of aryl methyl sites for hydroxylation is 1. The average molecular weight is 343 g/mol. The van der Waals surface area contributed by atoms with E-state index >= 15 is 0 Å². The van der Waals surface area contributed by atoms with Crippen LogP contribution < -0.4 is 10.9 Å². The van der Waals surface area contributed by atoms with Gasteiger partial charge < -0.3 is 0 Å². The Balaban J connectivity index is 1.63. The fourth-order valence-electron chi connectivity index (χ4n) is 2.95. The summed E-state index contributed by atoms with van der Waals surface area (Å²) in [6, 6.07) is 9.75. The van der Waals surface area contributed by atoms with Gasteiger partial charge in [0.15, 0.2) is 0 Å². The number of benzene rings is 1. The summed E-state index contributed by atoms with van der Waals surface area (Å²) >= 11 is 1.33. The van der Waals surface area contributed by atoms with Crippen LogP contribution >= 0.6 is 11.3 Å². The van der Waals surface area contributed by atoms with Crippen LogP contribution in [-0.2, 0) is 4.79 Å².